The van der Waals surface area contributed by atoms with E-state index in [0.717, 1.165) is 0 Å². The molecule has 0 unspecified atom stereocenters. The standard InChI is InChI=1S/C20H20N4O4/c1-12(19(25)21-13-7-8-16-17(9-13)28-11-27-16)24(2)10-18-22-15-6-4-3-5-14(15)20(26)23-18/h3-9,12H,10-11H2,1-2H3,(H,21,25)(H,22,23,26)/t12-/m0/s1. The minimum Gasteiger partial charge on any atom is -0.454 e. The second kappa shape index (κ2) is 7.32. The van der Waals surface area contributed by atoms with Gasteiger partial charge in [0.2, 0.25) is 12.7 Å². The molecule has 8 nitrogen and oxygen atoms in total. The number of aromatic nitrogens is 2. The van der Waals surface area contributed by atoms with Crippen molar-refractivity contribution >= 4 is 22.5 Å². The summed E-state index contributed by atoms with van der Waals surface area (Å²) in [6.07, 6.45) is 0. The van der Waals surface area contributed by atoms with Crippen molar-refractivity contribution in [2.24, 2.45) is 0 Å². The molecule has 0 saturated heterocycles. The van der Waals surface area contributed by atoms with E-state index >= 15 is 0 Å². The minimum atomic E-state index is -0.442. The van der Waals surface area contributed by atoms with Crippen LogP contribution in [0, 0.1) is 0 Å². The molecular formula is C20H20N4O4. The fourth-order valence-corrected chi connectivity index (χ4v) is 3.00. The largest absolute Gasteiger partial charge is 0.454 e. The number of hydrogen-bond donors (Lipinski definition) is 2. The summed E-state index contributed by atoms with van der Waals surface area (Å²) in [6.45, 7) is 2.31. The highest BCUT2D eigenvalue weighted by molar-refractivity contribution is 5.94. The maximum atomic E-state index is 12.6. The number of hydrogen-bond acceptors (Lipinski definition) is 6. The maximum Gasteiger partial charge on any atom is 0.258 e. The van der Waals surface area contributed by atoms with Crippen molar-refractivity contribution in [1.29, 1.82) is 0 Å². The van der Waals surface area contributed by atoms with E-state index in [1.165, 1.54) is 0 Å². The first-order valence-electron chi connectivity index (χ1n) is 8.90. The van der Waals surface area contributed by atoms with Gasteiger partial charge >= 0.3 is 0 Å². The van der Waals surface area contributed by atoms with Gasteiger partial charge in [-0.15, -0.1) is 0 Å². The molecule has 2 heterocycles. The Bertz CT molecular complexity index is 1100. The summed E-state index contributed by atoms with van der Waals surface area (Å²) in [5.41, 5.74) is 1.07. The molecule has 8 heteroatoms. The Morgan fingerprint density at radius 1 is 1.25 bits per heavy atom. The van der Waals surface area contributed by atoms with Crippen LogP contribution >= 0.6 is 0 Å². The van der Waals surface area contributed by atoms with Crippen molar-refractivity contribution in [1.82, 2.24) is 14.9 Å². The van der Waals surface area contributed by atoms with Gasteiger partial charge in [0, 0.05) is 11.8 Å². The van der Waals surface area contributed by atoms with Gasteiger partial charge in [-0.2, -0.15) is 0 Å². The zero-order valence-corrected chi connectivity index (χ0v) is 15.6. The molecule has 1 amide bonds. The highest BCUT2D eigenvalue weighted by Crippen LogP contribution is 2.34. The number of H-pyrrole nitrogens is 1. The summed E-state index contributed by atoms with van der Waals surface area (Å²) in [5, 5.41) is 3.41. The lowest BCUT2D eigenvalue weighted by Crippen LogP contribution is -2.39. The van der Waals surface area contributed by atoms with E-state index in [9.17, 15) is 9.59 Å². The summed E-state index contributed by atoms with van der Waals surface area (Å²) in [4.78, 5) is 33.9. The number of carbonyl (C=O) groups excluding carboxylic acids is 1. The molecule has 0 saturated carbocycles. The van der Waals surface area contributed by atoms with Crippen LogP contribution in [-0.4, -0.2) is 40.7 Å². The monoisotopic (exact) mass is 380 g/mol. The van der Waals surface area contributed by atoms with Crippen molar-refractivity contribution in [3.8, 4) is 11.5 Å². The van der Waals surface area contributed by atoms with Crippen LogP contribution in [0.4, 0.5) is 5.69 Å². The van der Waals surface area contributed by atoms with E-state index in [-0.39, 0.29) is 18.3 Å². The van der Waals surface area contributed by atoms with Crippen LogP contribution in [-0.2, 0) is 11.3 Å². The Balaban J connectivity index is 1.45. The molecule has 0 aliphatic carbocycles. The smallest absolute Gasteiger partial charge is 0.258 e. The van der Waals surface area contributed by atoms with Crippen molar-refractivity contribution in [2.75, 3.05) is 19.2 Å². The Morgan fingerprint density at radius 3 is 2.89 bits per heavy atom. The lowest BCUT2D eigenvalue weighted by Gasteiger charge is -2.23. The van der Waals surface area contributed by atoms with E-state index in [0.29, 0.717) is 40.5 Å². The molecule has 2 aromatic carbocycles. The molecule has 28 heavy (non-hydrogen) atoms. The number of likely N-dealkylation sites (N-methyl/N-ethyl adjacent to an activating group) is 1. The number of para-hydroxylation sites is 1. The quantitative estimate of drug-likeness (QED) is 0.704. The van der Waals surface area contributed by atoms with Crippen LogP contribution in [0.2, 0.25) is 0 Å². The summed E-state index contributed by atoms with van der Waals surface area (Å²) in [7, 11) is 1.80. The first kappa shape index (κ1) is 18.0. The molecule has 4 rings (SSSR count). The number of nitrogens with zero attached hydrogens (tertiary/aromatic N) is 2. The molecule has 1 atom stereocenters. The van der Waals surface area contributed by atoms with Gasteiger partial charge in [0.1, 0.15) is 5.82 Å². The third-order valence-electron chi connectivity index (χ3n) is 4.74. The predicted octanol–water partition coefficient (Wildman–Crippen LogP) is 2.11. The molecule has 1 aliphatic heterocycles. The molecule has 2 N–H and O–H groups in total. The Hall–Kier alpha value is -3.39. The van der Waals surface area contributed by atoms with Crippen molar-refractivity contribution in [3.05, 3.63) is 58.6 Å². The molecule has 0 spiro atoms. The second-order valence-electron chi connectivity index (χ2n) is 6.68. The van der Waals surface area contributed by atoms with Crippen molar-refractivity contribution < 1.29 is 14.3 Å². The fraction of sp³-hybridized carbons (Fsp3) is 0.250. The molecule has 1 aromatic heterocycles. The predicted molar refractivity (Wildman–Crippen MR) is 104 cm³/mol. The number of amides is 1. The van der Waals surface area contributed by atoms with E-state index < -0.39 is 6.04 Å². The molecule has 0 bridgehead atoms. The number of rotatable bonds is 5. The topological polar surface area (TPSA) is 96.6 Å². The summed E-state index contributed by atoms with van der Waals surface area (Å²) in [6, 6.07) is 12.0. The number of ether oxygens (including phenoxy) is 2. The lowest BCUT2D eigenvalue weighted by atomic mass is 10.2. The average molecular weight is 380 g/mol. The highest BCUT2D eigenvalue weighted by atomic mass is 16.7. The van der Waals surface area contributed by atoms with Gasteiger partial charge in [0.05, 0.1) is 23.5 Å². The van der Waals surface area contributed by atoms with Crippen molar-refractivity contribution in [3.63, 3.8) is 0 Å². The van der Waals surface area contributed by atoms with Crippen LogP contribution in [0.5, 0.6) is 11.5 Å². The van der Waals surface area contributed by atoms with Crippen molar-refractivity contribution in [2.45, 2.75) is 19.5 Å². The fourth-order valence-electron chi connectivity index (χ4n) is 3.00. The molecule has 1 aliphatic rings. The third-order valence-corrected chi connectivity index (χ3v) is 4.74. The Morgan fingerprint density at radius 2 is 2.04 bits per heavy atom. The van der Waals surface area contributed by atoms with Crippen LogP contribution in [0.1, 0.15) is 12.7 Å². The number of anilines is 1. The summed E-state index contributed by atoms with van der Waals surface area (Å²) in [5.74, 6) is 1.60. The van der Waals surface area contributed by atoms with E-state index in [1.807, 2.05) is 11.0 Å². The van der Waals surface area contributed by atoms with Gasteiger partial charge in [-0.1, -0.05) is 12.1 Å². The third kappa shape index (κ3) is 3.54. The number of fused-ring (bicyclic) bond motifs is 2. The zero-order chi connectivity index (χ0) is 19.7. The number of nitrogens with one attached hydrogen (secondary N) is 2. The minimum absolute atomic E-state index is 0.176. The van der Waals surface area contributed by atoms with Gasteiger partial charge in [0.15, 0.2) is 11.5 Å². The zero-order valence-electron chi connectivity index (χ0n) is 15.6. The van der Waals surface area contributed by atoms with E-state index in [4.69, 9.17) is 9.47 Å². The van der Waals surface area contributed by atoms with E-state index in [1.54, 1.807) is 50.4 Å². The SMILES string of the molecule is C[C@@H](C(=O)Nc1ccc2c(c1)OCO2)N(C)Cc1nc2ccccc2c(=O)[nH]1. The van der Waals surface area contributed by atoms with E-state index in [2.05, 4.69) is 15.3 Å². The van der Waals surface area contributed by atoms with Crippen LogP contribution in [0.15, 0.2) is 47.3 Å². The molecular weight excluding hydrogens is 360 g/mol. The van der Waals surface area contributed by atoms with Gasteiger partial charge in [-0.3, -0.25) is 14.5 Å². The highest BCUT2D eigenvalue weighted by Gasteiger charge is 2.21. The van der Waals surface area contributed by atoms with Gasteiger partial charge in [-0.25, -0.2) is 4.98 Å². The van der Waals surface area contributed by atoms with Crippen LogP contribution < -0.4 is 20.3 Å². The number of carbonyl (C=O) groups is 1. The molecule has 144 valence electrons. The number of benzene rings is 2. The summed E-state index contributed by atoms with van der Waals surface area (Å²) >= 11 is 0. The van der Waals surface area contributed by atoms with Gasteiger partial charge < -0.3 is 19.8 Å². The maximum absolute atomic E-state index is 12.6. The molecule has 3 aromatic rings. The number of aromatic amines is 1. The Labute approximate surface area is 161 Å². The summed E-state index contributed by atoms with van der Waals surface area (Å²) < 4.78 is 10.6. The normalized spacial score (nSPS) is 13.7. The lowest BCUT2D eigenvalue weighted by molar-refractivity contribution is -0.120. The average Bonchev–Trinajstić information content (AvgIpc) is 3.15. The first-order chi connectivity index (χ1) is 13.5. The van der Waals surface area contributed by atoms with Gasteiger partial charge in [0.25, 0.3) is 5.56 Å². The van der Waals surface area contributed by atoms with Crippen LogP contribution in [0.3, 0.4) is 0 Å². The molecule has 0 fully saturated rings. The van der Waals surface area contributed by atoms with Crippen LogP contribution in [0.25, 0.3) is 10.9 Å². The second-order valence-corrected chi connectivity index (χ2v) is 6.68. The van der Waals surface area contributed by atoms with Gasteiger partial charge in [-0.05, 0) is 38.2 Å². The Kier molecular flexibility index (Phi) is 4.70. The first-order valence-corrected chi connectivity index (χ1v) is 8.90. The molecule has 0 radical (unpaired) electrons.